The van der Waals surface area contributed by atoms with Gasteiger partial charge in [0.15, 0.2) is 0 Å². The summed E-state index contributed by atoms with van der Waals surface area (Å²) in [5, 5.41) is 6.71. The molecule has 0 atom stereocenters. The second kappa shape index (κ2) is 5.89. The molecule has 0 spiro atoms. The first-order valence-corrected chi connectivity index (χ1v) is 9.24. The van der Waals surface area contributed by atoms with Gasteiger partial charge in [0.2, 0.25) is 10.0 Å². The van der Waals surface area contributed by atoms with Gasteiger partial charge in [0.05, 0.1) is 17.3 Å². The normalized spacial score (nSPS) is 20.1. The van der Waals surface area contributed by atoms with Crippen molar-refractivity contribution in [1.82, 2.24) is 14.5 Å². The number of halogens is 1. The molecule has 1 aliphatic carbocycles. The minimum absolute atomic E-state index is 0.0560. The van der Waals surface area contributed by atoms with E-state index in [1.807, 2.05) is 0 Å². The van der Waals surface area contributed by atoms with Crippen molar-refractivity contribution in [3.63, 3.8) is 0 Å². The molecule has 1 saturated carbocycles. The predicted molar refractivity (Wildman–Crippen MR) is 83.9 cm³/mol. The Morgan fingerprint density at radius 1 is 1.38 bits per heavy atom. The monoisotopic (exact) mass is 333 g/mol. The zero-order valence-electron chi connectivity index (χ0n) is 13.1. The maximum atomic E-state index is 12.9. The van der Waals surface area contributed by atoms with Crippen LogP contribution in [0.15, 0.2) is 4.90 Å². The van der Waals surface area contributed by atoms with Gasteiger partial charge in [-0.15, -0.1) is 11.6 Å². The molecule has 1 aromatic rings. The van der Waals surface area contributed by atoms with Gasteiger partial charge >= 0.3 is 0 Å². The Labute approximate surface area is 132 Å². The smallest absolute Gasteiger partial charge is 0.246 e. The second-order valence-electron chi connectivity index (χ2n) is 6.67. The molecule has 1 fully saturated rings. The van der Waals surface area contributed by atoms with Gasteiger partial charge in [0, 0.05) is 13.1 Å². The summed E-state index contributed by atoms with van der Waals surface area (Å²) in [6.07, 6.45) is 3.89. The van der Waals surface area contributed by atoms with E-state index in [0.717, 1.165) is 25.7 Å². The van der Waals surface area contributed by atoms with E-state index in [1.165, 1.54) is 4.31 Å². The minimum Gasteiger partial charge on any atom is -0.281 e. The fourth-order valence-electron chi connectivity index (χ4n) is 2.99. The Bertz CT molecular complexity index is 600. The van der Waals surface area contributed by atoms with Gasteiger partial charge in [0.25, 0.3) is 0 Å². The molecule has 0 bridgehead atoms. The maximum absolute atomic E-state index is 12.9. The van der Waals surface area contributed by atoms with E-state index >= 15 is 0 Å². The van der Waals surface area contributed by atoms with Crippen molar-refractivity contribution in [3.8, 4) is 0 Å². The number of rotatable bonds is 4. The first-order valence-electron chi connectivity index (χ1n) is 7.27. The molecular formula is C14H24ClN3O2S. The van der Waals surface area contributed by atoms with E-state index in [0.29, 0.717) is 16.8 Å². The Hall–Kier alpha value is -0.590. The number of nitrogens with zero attached hydrogens (tertiary/aromatic N) is 2. The zero-order valence-corrected chi connectivity index (χ0v) is 14.7. The predicted octanol–water partition coefficient (Wildman–Crippen LogP) is 3.05. The van der Waals surface area contributed by atoms with Gasteiger partial charge in [-0.25, -0.2) is 8.42 Å². The molecule has 0 saturated heterocycles. The van der Waals surface area contributed by atoms with Gasteiger partial charge in [0.1, 0.15) is 4.90 Å². The van der Waals surface area contributed by atoms with Crippen LogP contribution in [0.3, 0.4) is 0 Å². The first-order chi connectivity index (χ1) is 9.69. The minimum atomic E-state index is -3.55. The molecule has 7 heteroatoms. The molecule has 0 radical (unpaired) electrons. The van der Waals surface area contributed by atoms with Crippen LogP contribution in [0.25, 0.3) is 0 Å². The maximum Gasteiger partial charge on any atom is 0.246 e. The lowest BCUT2D eigenvalue weighted by molar-refractivity contribution is 0.174. The van der Waals surface area contributed by atoms with Gasteiger partial charge in [-0.3, -0.25) is 5.10 Å². The summed E-state index contributed by atoms with van der Waals surface area (Å²) in [5.41, 5.74) is 1.26. The number of hydrogen-bond donors (Lipinski definition) is 1. The largest absolute Gasteiger partial charge is 0.281 e. The van der Waals surface area contributed by atoms with Crippen LogP contribution in [0, 0.1) is 12.3 Å². The number of sulfonamides is 1. The molecule has 2 rings (SSSR count). The summed E-state index contributed by atoms with van der Waals surface area (Å²) in [6, 6.07) is 0.0560. The Morgan fingerprint density at radius 3 is 2.48 bits per heavy atom. The van der Waals surface area contributed by atoms with Crippen molar-refractivity contribution in [3.05, 3.63) is 11.4 Å². The van der Waals surface area contributed by atoms with Crippen LogP contribution in [-0.2, 0) is 15.9 Å². The molecule has 1 N–H and O–H groups in total. The number of aryl methyl sites for hydroxylation is 1. The lowest BCUT2D eigenvalue weighted by Gasteiger charge is -2.38. The summed E-state index contributed by atoms with van der Waals surface area (Å²) >= 11 is 5.81. The molecule has 0 amide bonds. The number of aromatic amines is 1. The van der Waals surface area contributed by atoms with Crippen molar-refractivity contribution in [1.29, 1.82) is 0 Å². The van der Waals surface area contributed by atoms with Crippen LogP contribution in [0.1, 0.15) is 50.9 Å². The van der Waals surface area contributed by atoms with E-state index in [1.54, 1.807) is 14.0 Å². The highest BCUT2D eigenvalue weighted by molar-refractivity contribution is 7.89. The van der Waals surface area contributed by atoms with Gasteiger partial charge in [-0.2, -0.15) is 9.40 Å². The second-order valence-corrected chi connectivity index (χ2v) is 8.88. The van der Waals surface area contributed by atoms with Crippen LogP contribution < -0.4 is 0 Å². The van der Waals surface area contributed by atoms with Crippen LogP contribution in [0.5, 0.6) is 0 Å². The summed E-state index contributed by atoms with van der Waals surface area (Å²) in [4.78, 5) is 0.241. The SMILES string of the molecule is Cc1[nH]nc(CCl)c1S(=O)(=O)N(C)C1CCC(C)(C)CC1. The topological polar surface area (TPSA) is 66.1 Å². The molecule has 0 unspecified atom stereocenters. The average molecular weight is 334 g/mol. The van der Waals surface area contributed by atoms with Gasteiger partial charge < -0.3 is 0 Å². The van der Waals surface area contributed by atoms with Crippen LogP contribution in [0.4, 0.5) is 0 Å². The van der Waals surface area contributed by atoms with Crippen molar-refractivity contribution in [2.45, 2.75) is 63.3 Å². The Morgan fingerprint density at radius 2 is 1.95 bits per heavy atom. The number of hydrogen-bond acceptors (Lipinski definition) is 3. The highest BCUT2D eigenvalue weighted by atomic mass is 35.5. The molecule has 21 heavy (non-hydrogen) atoms. The first kappa shape index (κ1) is 16.8. The van der Waals surface area contributed by atoms with Crippen molar-refractivity contribution in [2.24, 2.45) is 5.41 Å². The van der Waals surface area contributed by atoms with E-state index in [2.05, 4.69) is 24.0 Å². The average Bonchev–Trinajstić information content (AvgIpc) is 2.79. The highest BCUT2D eigenvalue weighted by Gasteiger charge is 2.36. The molecule has 5 nitrogen and oxygen atoms in total. The fraction of sp³-hybridized carbons (Fsp3) is 0.786. The molecule has 1 aromatic heterocycles. The highest BCUT2D eigenvalue weighted by Crippen LogP contribution is 2.38. The Balaban J connectivity index is 2.25. The van der Waals surface area contributed by atoms with E-state index in [-0.39, 0.29) is 16.8 Å². The van der Waals surface area contributed by atoms with Crippen molar-refractivity contribution >= 4 is 21.6 Å². The van der Waals surface area contributed by atoms with Gasteiger partial charge in [-0.05, 0) is 38.0 Å². The molecule has 1 aliphatic rings. The van der Waals surface area contributed by atoms with Crippen molar-refractivity contribution in [2.75, 3.05) is 7.05 Å². The summed E-state index contributed by atoms with van der Waals surface area (Å²) in [5.74, 6) is 0.0877. The standard InChI is InChI=1S/C14H24ClN3O2S/c1-10-13(12(9-15)17-16-10)21(19,20)18(4)11-5-7-14(2,3)8-6-11/h11H,5-9H2,1-4H3,(H,16,17). The lowest BCUT2D eigenvalue weighted by Crippen LogP contribution is -2.41. The third-order valence-electron chi connectivity index (χ3n) is 4.55. The number of aromatic nitrogens is 2. The molecule has 0 aromatic carbocycles. The van der Waals surface area contributed by atoms with Crippen LogP contribution in [0.2, 0.25) is 0 Å². The zero-order chi connectivity index (χ0) is 15.8. The van der Waals surface area contributed by atoms with E-state index in [4.69, 9.17) is 11.6 Å². The third-order valence-corrected chi connectivity index (χ3v) is 6.92. The van der Waals surface area contributed by atoms with E-state index in [9.17, 15) is 8.42 Å². The third kappa shape index (κ3) is 3.27. The number of alkyl halides is 1. The lowest BCUT2D eigenvalue weighted by atomic mass is 9.76. The van der Waals surface area contributed by atoms with Crippen molar-refractivity contribution < 1.29 is 8.42 Å². The molecule has 0 aliphatic heterocycles. The quantitative estimate of drug-likeness (QED) is 0.861. The van der Waals surface area contributed by atoms with E-state index < -0.39 is 10.0 Å². The number of nitrogens with one attached hydrogen (secondary N) is 1. The molecule has 1 heterocycles. The summed E-state index contributed by atoms with van der Waals surface area (Å²) < 4.78 is 27.2. The molecule has 120 valence electrons. The summed E-state index contributed by atoms with van der Waals surface area (Å²) in [6.45, 7) is 6.20. The van der Waals surface area contributed by atoms with Crippen LogP contribution in [-0.4, -0.2) is 36.0 Å². The summed E-state index contributed by atoms with van der Waals surface area (Å²) in [7, 11) is -1.88. The fourth-order valence-corrected chi connectivity index (χ4v) is 5.00. The molecular weight excluding hydrogens is 310 g/mol. The van der Waals surface area contributed by atoms with Crippen LogP contribution >= 0.6 is 11.6 Å². The number of H-pyrrole nitrogens is 1. The Kier molecular flexibility index (Phi) is 4.71. The van der Waals surface area contributed by atoms with Gasteiger partial charge in [-0.1, -0.05) is 13.8 Å².